The highest BCUT2D eigenvalue weighted by molar-refractivity contribution is 7.47. The number of nitrogens with two attached hydrogens (primary N) is 1. The van der Waals surface area contributed by atoms with E-state index in [1.165, 1.54) is 77.0 Å². The lowest BCUT2D eigenvalue weighted by Crippen LogP contribution is -2.34. The van der Waals surface area contributed by atoms with Gasteiger partial charge in [0.15, 0.2) is 6.10 Å². The molecule has 0 bridgehead atoms. The summed E-state index contributed by atoms with van der Waals surface area (Å²) in [7, 11) is -4.70. The van der Waals surface area contributed by atoms with Gasteiger partial charge in [-0.25, -0.2) is 4.57 Å². The van der Waals surface area contributed by atoms with Crippen LogP contribution < -0.4 is 5.73 Å². The number of phosphoric ester groups is 1. The molecule has 0 spiro atoms. The van der Waals surface area contributed by atoms with Gasteiger partial charge in [0.05, 0.1) is 13.2 Å². The summed E-state index contributed by atoms with van der Waals surface area (Å²) in [5, 5.41) is 8.84. The second kappa shape index (κ2) is 34.1. The Morgan fingerprint density at radius 1 is 0.620 bits per heavy atom. The van der Waals surface area contributed by atoms with E-state index in [4.69, 9.17) is 24.8 Å². The molecule has 0 aromatic rings. The quantitative estimate of drug-likeness (QED) is 0.0242. The summed E-state index contributed by atoms with van der Waals surface area (Å²) in [5.41, 5.74) is 5.31. The lowest BCUT2D eigenvalue weighted by atomic mass is 10.1. The molecule has 12 heteroatoms. The first-order chi connectivity index (χ1) is 24.1. The van der Waals surface area contributed by atoms with Crippen molar-refractivity contribution in [2.45, 2.75) is 180 Å². The number of phosphoric acid groups is 1. The first kappa shape index (κ1) is 48.0. The van der Waals surface area contributed by atoms with Crippen LogP contribution in [0.4, 0.5) is 0 Å². The van der Waals surface area contributed by atoms with Crippen molar-refractivity contribution < 1.29 is 47.5 Å². The Balaban J connectivity index is 4.31. The zero-order valence-corrected chi connectivity index (χ0v) is 32.1. The van der Waals surface area contributed by atoms with E-state index in [1.807, 2.05) is 0 Å². The molecular weight excluding hydrogens is 661 g/mol. The number of rotatable bonds is 36. The fraction of sp³-hybridized carbons (Fsp3) is 0.816. The summed E-state index contributed by atoms with van der Waals surface area (Å²) < 4.78 is 32.5. The van der Waals surface area contributed by atoms with Gasteiger partial charge in [0, 0.05) is 12.8 Å². The molecule has 0 heterocycles. The molecule has 4 N–H and O–H groups in total. The summed E-state index contributed by atoms with van der Waals surface area (Å²) in [6.45, 7) is 2.71. The molecule has 0 saturated heterocycles. The number of esters is 2. The standard InChI is InChI=1S/C38H70NO10P/c1-3-5-7-9-11-12-13-14-15-16-17-18-19-20-21-22-24-26-28-30-37(41)49-34(32-47-50(44,45)48-33-35(39)38(42)43)31-46-36(40)29-27-25-23-10-8-6-4-2/h11-12,14-15,34-35H,3-10,13,16-33,39H2,1-2H3,(H,42,43)(H,44,45)/b12-11+,15-14+/t34-,35-/m0/s1. The first-order valence-electron chi connectivity index (χ1n) is 19.4. The molecule has 0 aliphatic carbocycles. The number of carboxylic acids is 1. The van der Waals surface area contributed by atoms with Gasteiger partial charge in [0.25, 0.3) is 0 Å². The van der Waals surface area contributed by atoms with E-state index in [9.17, 15) is 23.8 Å². The van der Waals surface area contributed by atoms with Crippen molar-refractivity contribution in [3.05, 3.63) is 24.3 Å². The highest BCUT2D eigenvalue weighted by atomic mass is 31.2. The number of aliphatic carboxylic acids is 1. The summed E-state index contributed by atoms with van der Waals surface area (Å²) in [6.07, 6.45) is 32.7. The van der Waals surface area contributed by atoms with Crippen LogP contribution in [0.25, 0.3) is 0 Å². The van der Waals surface area contributed by atoms with Crippen LogP contribution >= 0.6 is 7.82 Å². The molecular formula is C38H70NO10P. The molecule has 0 aromatic carbocycles. The number of hydrogen-bond donors (Lipinski definition) is 3. The van der Waals surface area contributed by atoms with Crippen molar-refractivity contribution in [2.24, 2.45) is 5.73 Å². The van der Waals surface area contributed by atoms with Crippen LogP contribution in [-0.4, -0.2) is 59.9 Å². The van der Waals surface area contributed by atoms with Gasteiger partial charge in [0.2, 0.25) is 0 Å². The maximum absolute atomic E-state index is 12.5. The maximum atomic E-state index is 12.5. The molecule has 0 saturated carbocycles. The van der Waals surface area contributed by atoms with E-state index < -0.39 is 51.1 Å². The topological polar surface area (TPSA) is 172 Å². The average Bonchev–Trinajstić information content (AvgIpc) is 3.09. The van der Waals surface area contributed by atoms with E-state index in [0.29, 0.717) is 12.8 Å². The van der Waals surface area contributed by atoms with Crippen molar-refractivity contribution in [3.8, 4) is 0 Å². The number of ether oxygens (including phenoxy) is 2. The van der Waals surface area contributed by atoms with Gasteiger partial charge in [-0.15, -0.1) is 0 Å². The van der Waals surface area contributed by atoms with Gasteiger partial charge in [-0.05, 0) is 44.9 Å². The van der Waals surface area contributed by atoms with Crippen LogP contribution in [0.2, 0.25) is 0 Å². The Hall–Kier alpha value is -2.04. The molecule has 3 atom stereocenters. The predicted octanol–water partition coefficient (Wildman–Crippen LogP) is 9.50. The van der Waals surface area contributed by atoms with Crippen molar-refractivity contribution in [3.63, 3.8) is 0 Å². The highest BCUT2D eigenvalue weighted by Crippen LogP contribution is 2.43. The number of hydrogen-bond acceptors (Lipinski definition) is 9. The van der Waals surface area contributed by atoms with E-state index in [-0.39, 0.29) is 19.4 Å². The SMILES string of the molecule is CCCCC/C=C/C/C=C/CCCCCCCCCCCC(=O)O[C@@H](COC(=O)CCCCCCCCC)COP(=O)(O)OC[C@H](N)C(=O)O. The van der Waals surface area contributed by atoms with Gasteiger partial charge in [0.1, 0.15) is 12.6 Å². The minimum absolute atomic E-state index is 0.158. The summed E-state index contributed by atoms with van der Waals surface area (Å²) in [5.74, 6) is -2.39. The number of unbranched alkanes of at least 4 members (excludes halogenated alkanes) is 18. The molecule has 50 heavy (non-hydrogen) atoms. The Bertz CT molecular complexity index is 958. The van der Waals surface area contributed by atoms with Crippen LogP contribution in [0.5, 0.6) is 0 Å². The maximum Gasteiger partial charge on any atom is 0.472 e. The molecule has 0 aliphatic rings. The lowest BCUT2D eigenvalue weighted by molar-refractivity contribution is -0.161. The second-order valence-corrected chi connectivity index (χ2v) is 14.5. The monoisotopic (exact) mass is 731 g/mol. The van der Waals surface area contributed by atoms with Crippen molar-refractivity contribution in [1.29, 1.82) is 0 Å². The minimum Gasteiger partial charge on any atom is -0.480 e. The Kier molecular flexibility index (Phi) is 32.7. The molecule has 292 valence electrons. The molecule has 0 rings (SSSR count). The zero-order chi connectivity index (χ0) is 37.1. The zero-order valence-electron chi connectivity index (χ0n) is 31.2. The number of carboxylic acid groups (broad SMARTS) is 1. The first-order valence-corrected chi connectivity index (χ1v) is 20.9. The van der Waals surface area contributed by atoms with Crippen molar-refractivity contribution in [2.75, 3.05) is 19.8 Å². The Labute approximate surface area is 302 Å². The smallest absolute Gasteiger partial charge is 0.472 e. The molecule has 0 fully saturated rings. The van der Waals surface area contributed by atoms with Gasteiger partial charge in [-0.3, -0.25) is 23.4 Å². The van der Waals surface area contributed by atoms with Crippen LogP contribution in [0.1, 0.15) is 168 Å². The molecule has 11 nitrogen and oxygen atoms in total. The largest absolute Gasteiger partial charge is 0.480 e. The predicted molar refractivity (Wildman–Crippen MR) is 199 cm³/mol. The van der Waals surface area contributed by atoms with Crippen LogP contribution in [0.15, 0.2) is 24.3 Å². The van der Waals surface area contributed by atoms with E-state index in [2.05, 4.69) is 42.7 Å². The van der Waals surface area contributed by atoms with E-state index >= 15 is 0 Å². The molecule has 1 unspecified atom stereocenters. The summed E-state index contributed by atoms with van der Waals surface area (Å²) in [6, 6.07) is -1.52. The normalized spacial score (nSPS) is 14.2. The van der Waals surface area contributed by atoms with Gasteiger partial charge in [-0.2, -0.15) is 0 Å². The molecule has 0 amide bonds. The fourth-order valence-electron chi connectivity index (χ4n) is 5.09. The summed E-state index contributed by atoms with van der Waals surface area (Å²) >= 11 is 0. The van der Waals surface area contributed by atoms with Crippen LogP contribution in [0, 0.1) is 0 Å². The fourth-order valence-corrected chi connectivity index (χ4v) is 5.87. The average molecular weight is 732 g/mol. The lowest BCUT2D eigenvalue weighted by Gasteiger charge is -2.20. The number of carbonyl (C=O) groups is 3. The Morgan fingerprint density at radius 3 is 1.60 bits per heavy atom. The van der Waals surface area contributed by atoms with E-state index in [1.54, 1.807) is 0 Å². The number of carbonyl (C=O) groups excluding carboxylic acids is 2. The van der Waals surface area contributed by atoms with E-state index in [0.717, 1.165) is 51.4 Å². The third kappa shape index (κ3) is 33.1. The number of allylic oxidation sites excluding steroid dienone is 4. The van der Waals surface area contributed by atoms with Crippen molar-refractivity contribution >= 4 is 25.7 Å². The van der Waals surface area contributed by atoms with Gasteiger partial charge >= 0.3 is 25.7 Å². The molecule has 0 radical (unpaired) electrons. The van der Waals surface area contributed by atoms with Crippen LogP contribution in [0.3, 0.4) is 0 Å². The third-order valence-corrected chi connectivity index (χ3v) is 9.15. The second-order valence-electron chi connectivity index (χ2n) is 13.1. The third-order valence-electron chi connectivity index (χ3n) is 8.20. The van der Waals surface area contributed by atoms with Gasteiger partial charge < -0.3 is 25.2 Å². The Morgan fingerprint density at radius 2 is 1.06 bits per heavy atom. The molecule has 0 aliphatic heterocycles. The highest BCUT2D eigenvalue weighted by Gasteiger charge is 2.28. The minimum atomic E-state index is -4.70. The van der Waals surface area contributed by atoms with Crippen molar-refractivity contribution in [1.82, 2.24) is 0 Å². The summed E-state index contributed by atoms with van der Waals surface area (Å²) in [4.78, 5) is 45.6. The molecule has 0 aromatic heterocycles. The van der Waals surface area contributed by atoms with Gasteiger partial charge in [-0.1, -0.05) is 134 Å². The van der Waals surface area contributed by atoms with Crippen LogP contribution in [-0.2, 0) is 37.5 Å².